The summed E-state index contributed by atoms with van der Waals surface area (Å²) < 4.78 is 0. The molecular weight excluding hydrogens is 701 g/mol. The van der Waals surface area contributed by atoms with E-state index in [-0.39, 0.29) is 0 Å². The highest BCUT2D eigenvalue weighted by atomic mass is 14.7. The summed E-state index contributed by atoms with van der Waals surface area (Å²) in [5.41, 5.74) is 21.5. The van der Waals surface area contributed by atoms with Gasteiger partial charge in [-0.3, -0.25) is 0 Å². The molecule has 2 heteroatoms. The molecule has 9 rings (SSSR count). The van der Waals surface area contributed by atoms with E-state index in [9.17, 15) is 0 Å². The van der Waals surface area contributed by atoms with E-state index in [0.717, 1.165) is 11.1 Å². The van der Waals surface area contributed by atoms with Crippen LogP contribution in [-0.4, -0.2) is 0 Å². The Morgan fingerprint density at radius 3 is 1.67 bits per heavy atom. The van der Waals surface area contributed by atoms with Crippen LogP contribution in [0.3, 0.4) is 0 Å². The standard InChI is InChI=1S/C39H26.C17H20N2/c1-25-14-15-28-23-30(19-17-27(28)22-25)38-34-10-4-6-12-36(34)39(37-13-7-5-11-35(37)38)31-20-21-33-29(24-31)18-16-26-8-2-3-9-32(26)33;1-3-5-6-7-11-14-12-8-9-13-15(14)17(19)16(18)10-4-2/h2-24H,1H3;3-13H,1,18-19H2,2H3/b;6-5-,10-4-,11-7-,17-16+. The Balaban J connectivity index is 0.000000210. The Bertz CT molecular complexity index is 3060. The van der Waals surface area contributed by atoms with Crippen LogP contribution in [0.5, 0.6) is 0 Å². The van der Waals surface area contributed by atoms with Gasteiger partial charge in [0.05, 0.1) is 11.4 Å². The van der Waals surface area contributed by atoms with Crippen LogP contribution in [-0.2, 0) is 0 Å². The third kappa shape index (κ3) is 7.44. The minimum atomic E-state index is 0.574. The molecule has 2 nitrogen and oxygen atoms in total. The fourth-order valence-electron chi connectivity index (χ4n) is 8.05. The third-order valence-corrected chi connectivity index (χ3v) is 10.8. The molecule has 0 aliphatic rings. The molecule has 58 heavy (non-hydrogen) atoms. The summed E-state index contributed by atoms with van der Waals surface area (Å²) in [4.78, 5) is 0. The molecule has 0 unspecified atom stereocenters. The summed E-state index contributed by atoms with van der Waals surface area (Å²) in [6.45, 7) is 7.69. The summed E-state index contributed by atoms with van der Waals surface area (Å²) in [6, 6.07) is 59.4. The Kier molecular flexibility index (Phi) is 10.8. The molecule has 0 radical (unpaired) electrons. The number of hydrogen-bond donors (Lipinski definition) is 2. The van der Waals surface area contributed by atoms with Crippen LogP contribution in [0.25, 0.3) is 87.9 Å². The maximum atomic E-state index is 6.09. The molecule has 280 valence electrons. The number of fused-ring (bicyclic) bond motifs is 6. The molecule has 0 aliphatic carbocycles. The topological polar surface area (TPSA) is 52.0 Å². The first-order chi connectivity index (χ1) is 28.4. The minimum absolute atomic E-state index is 0.574. The highest BCUT2D eigenvalue weighted by molar-refractivity contribution is 6.22. The van der Waals surface area contributed by atoms with Crippen LogP contribution in [0, 0.1) is 6.92 Å². The molecule has 0 saturated carbocycles. The lowest BCUT2D eigenvalue weighted by Crippen LogP contribution is -2.07. The highest BCUT2D eigenvalue weighted by Crippen LogP contribution is 2.44. The van der Waals surface area contributed by atoms with Crippen LogP contribution in [0.1, 0.15) is 23.6 Å². The lowest BCUT2D eigenvalue weighted by Gasteiger charge is -2.18. The number of hydrogen-bond acceptors (Lipinski definition) is 2. The van der Waals surface area contributed by atoms with Gasteiger partial charge >= 0.3 is 0 Å². The van der Waals surface area contributed by atoms with Crippen LogP contribution in [0.4, 0.5) is 0 Å². The SMILES string of the molecule is C=C/C=C\C=C/c1ccccc1/C(N)=C(N)/C=C\C.Cc1ccc2cc(-c3c4ccccc4c(-c4ccc5c(ccc6ccccc65)c4)c4ccccc34)ccc2c1. The van der Waals surface area contributed by atoms with E-state index >= 15 is 0 Å². The fraction of sp³-hybridized carbons (Fsp3) is 0.0357. The predicted molar refractivity (Wildman–Crippen MR) is 255 cm³/mol. The Labute approximate surface area is 341 Å². The van der Waals surface area contributed by atoms with Gasteiger partial charge in [0.2, 0.25) is 0 Å². The van der Waals surface area contributed by atoms with Crippen molar-refractivity contribution in [3.8, 4) is 22.3 Å². The van der Waals surface area contributed by atoms with Crippen molar-refractivity contribution in [1.29, 1.82) is 0 Å². The van der Waals surface area contributed by atoms with Crippen molar-refractivity contribution in [1.82, 2.24) is 0 Å². The quantitative estimate of drug-likeness (QED) is 0.0969. The third-order valence-electron chi connectivity index (χ3n) is 10.8. The summed E-state index contributed by atoms with van der Waals surface area (Å²) >= 11 is 0. The van der Waals surface area contributed by atoms with Gasteiger partial charge in [0, 0.05) is 5.56 Å². The normalized spacial score (nSPS) is 12.2. The van der Waals surface area contributed by atoms with E-state index in [4.69, 9.17) is 11.5 Å². The summed E-state index contributed by atoms with van der Waals surface area (Å²) in [7, 11) is 0. The minimum Gasteiger partial charge on any atom is -0.397 e. The van der Waals surface area contributed by atoms with E-state index in [1.54, 1.807) is 12.2 Å². The summed E-state index contributed by atoms with van der Waals surface area (Å²) in [5.74, 6) is 0. The fourth-order valence-corrected chi connectivity index (χ4v) is 8.05. The van der Waals surface area contributed by atoms with E-state index < -0.39 is 0 Å². The Morgan fingerprint density at radius 1 is 0.483 bits per heavy atom. The van der Waals surface area contributed by atoms with E-state index in [1.165, 1.54) is 81.7 Å². The van der Waals surface area contributed by atoms with Crippen molar-refractivity contribution in [3.63, 3.8) is 0 Å². The summed E-state index contributed by atoms with van der Waals surface area (Å²) in [5, 5.41) is 12.9. The summed E-state index contributed by atoms with van der Waals surface area (Å²) in [6.07, 6.45) is 13.1. The Morgan fingerprint density at radius 2 is 1.00 bits per heavy atom. The van der Waals surface area contributed by atoms with Crippen molar-refractivity contribution < 1.29 is 0 Å². The largest absolute Gasteiger partial charge is 0.397 e. The van der Waals surface area contributed by atoms with Gasteiger partial charge in [0.15, 0.2) is 0 Å². The predicted octanol–water partition coefficient (Wildman–Crippen LogP) is 14.7. The maximum Gasteiger partial charge on any atom is 0.0627 e. The lowest BCUT2D eigenvalue weighted by atomic mass is 9.85. The average molecular weight is 747 g/mol. The number of aryl methyl sites for hydroxylation is 1. The first-order valence-electron chi connectivity index (χ1n) is 19.7. The molecule has 0 bridgehead atoms. The van der Waals surface area contributed by atoms with Gasteiger partial charge in [0.25, 0.3) is 0 Å². The molecule has 0 spiro atoms. The molecule has 4 N–H and O–H groups in total. The molecule has 0 aromatic heterocycles. The molecule has 0 atom stereocenters. The second-order valence-corrected chi connectivity index (χ2v) is 14.6. The smallest absolute Gasteiger partial charge is 0.0627 e. The molecular formula is C56H46N2. The van der Waals surface area contributed by atoms with Gasteiger partial charge in [-0.2, -0.15) is 0 Å². The molecule has 9 aromatic rings. The van der Waals surface area contributed by atoms with E-state index in [2.05, 4.69) is 153 Å². The molecule has 0 amide bonds. The number of nitrogens with two attached hydrogens (primary N) is 2. The maximum absolute atomic E-state index is 6.09. The van der Waals surface area contributed by atoms with Crippen LogP contribution < -0.4 is 11.5 Å². The molecule has 9 aromatic carbocycles. The van der Waals surface area contributed by atoms with Crippen molar-refractivity contribution in [3.05, 3.63) is 229 Å². The van der Waals surface area contributed by atoms with Crippen molar-refractivity contribution >= 4 is 65.6 Å². The Hall–Kier alpha value is -7.42. The lowest BCUT2D eigenvalue weighted by molar-refractivity contribution is 1.35. The van der Waals surface area contributed by atoms with Crippen molar-refractivity contribution in [2.75, 3.05) is 0 Å². The van der Waals surface area contributed by atoms with E-state index in [1.807, 2.05) is 61.6 Å². The molecule has 0 fully saturated rings. The molecule has 0 saturated heterocycles. The first kappa shape index (κ1) is 37.5. The molecule has 0 aliphatic heterocycles. The van der Waals surface area contributed by atoms with Gasteiger partial charge in [-0.25, -0.2) is 0 Å². The average Bonchev–Trinajstić information content (AvgIpc) is 3.26. The monoisotopic (exact) mass is 746 g/mol. The highest BCUT2D eigenvalue weighted by Gasteiger charge is 2.17. The van der Waals surface area contributed by atoms with Crippen LogP contribution >= 0.6 is 0 Å². The zero-order valence-electron chi connectivity index (χ0n) is 33.0. The molecule has 0 heterocycles. The van der Waals surface area contributed by atoms with Crippen molar-refractivity contribution in [2.24, 2.45) is 11.5 Å². The van der Waals surface area contributed by atoms with Gasteiger partial charge in [-0.05, 0) is 114 Å². The van der Waals surface area contributed by atoms with Crippen molar-refractivity contribution in [2.45, 2.75) is 13.8 Å². The zero-order chi connectivity index (χ0) is 40.0. The van der Waals surface area contributed by atoms with Crippen LogP contribution in [0.15, 0.2) is 213 Å². The number of allylic oxidation sites excluding steroid dienone is 6. The van der Waals surface area contributed by atoms with Crippen LogP contribution in [0.2, 0.25) is 0 Å². The zero-order valence-corrected chi connectivity index (χ0v) is 33.0. The van der Waals surface area contributed by atoms with Gasteiger partial charge in [-0.15, -0.1) is 0 Å². The second-order valence-electron chi connectivity index (χ2n) is 14.6. The second kappa shape index (κ2) is 16.8. The van der Waals surface area contributed by atoms with E-state index in [0.29, 0.717) is 11.4 Å². The van der Waals surface area contributed by atoms with Gasteiger partial charge in [0.1, 0.15) is 0 Å². The number of benzene rings is 9. The van der Waals surface area contributed by atoms with Gasteiger partial charge in [-0.1, -0.05) is 200 Å². The van der Waals surface area contributed by atoms with Gasteiger partial charge < -0.3 is 11.5 Å². The first-order valence-corrected chi connectivity index (χ1v) is 19.7. The number of rotatable bonds is 7.